The molecule has 2 aliphatic heterocycles. The van der Waals surface area contributed by atoms with Crippen molar-refractivity contribution < 1.29 is 14.3 Å². The normalized spacial score (nSPS) is 23.9. The quantitative estimate of drug-likeness (QED) is 0.806. The monoisotopic (exact) mass is 360 g/mol. The van der Waals surface area contributed by atoms with E-state index in [1.807, 2.05) is 13.0 Å². The van der Waals surface area contributed by atoms with E-state index in [2.05, 4.69) is 21.9 Å². The number of fused-ring (bicyclic) bond motifs is 1. The predicted octanol–water partition coefficient (Wildman–Crippen LogP) is 3.46. The van der Waals surface area contributed by atoms with Crippen molar-refractivity contribution in [2.75, 3.05) is 26.8 Å². The molecule has 1 aromatic rings. The van der Waals surface area contributed by atoms with Gasteiger partial charge in [0.2, 0.25) is 5.91 Å². The largest absolute Gasteiger partial charge is 0.493 e. The summed E-state index contributed by atoms with van der Waals surface area (Å²) in [6.45, 7) is 7.22. The van der Waals surface area contributed by atoms with Crippen LogP contribution in [0.2, 0.25) is 0 Å². The topological polar surface area (TPSA) is 42.0 Å². The number of hydrogen-bond acceptors (Lipinski definition) is 4. The molecule has 0 bridgehead atoms. The van der Waals surface area contributed by atoms with Crippen LogP contribution in [0.1, 0.15) is 51.5 Å². The van der Waals surface area contributed by atoms with Gasteiger partial charge in [0, 0.05) is 32.1 Å². The maximum Gasteiger partial charge on any atom is 0.219 e. The molecule has 0 aliphatic carbocycles. The molecule has 2 atom stereocenters. The first-order chi connectivity index (χ1) is 12.6. The summed E-state index contributed by atoms with van der Waals surface area (Å²) < 4.78 is 11.1. The van der Waals surface area contributed by atoms with Gasteiger partial charge in [0.1, 0.15) is 0 Å². The molecule has 2 saturated heterocycles. The van der Waals surface area contributed by atoms with E-state index in [0.717, 1.165) is 44.0 Å². The van der Waals surface area contributed by atoms with Gasteiger partial charge in [-0.25, -0.2) is 0 Å². The van der Waals surface area contributed by atoms with E-state index in [0.29, 0.717) is 18.7 Å². The molecule has 0 spiro atoms. The van der Waals surface area contributed by atoms with Gasteiger partial charge in [-0.3, -0.25) is 9.69 Å². The van der Waals surface area contributed by atoms with Gasteiger partial charge >= 0.3 is 0 Å². The lowest BCUT2D eigenvalue weighted by Gasteiger charge is -2.37. The second kappa shape index (κ2) is 8.76. The molecule has 0 radical (unpaired) electrons. The summed E-state index contributed by atoms with van der Waals surface area (Å²) >= 11 is 0. The van der Waals surface area contributed by atoms with E-state index in [-0.39, 0.29) is 5.91 Å². The molecule has 2 fully saturated rings. The molecule has 0 saturated carbocycles. The Kier molecular flexibility index (Phi) is 6.41. The van der Waals surface area contributed by atoms with Crippen molar-refractivity contribution in [3.8, 4) is 11.5 Å². The molecular weight excluding hydrogens is 328 g/mol. The van der Waals surface area contributed by atoms with Gasteiger partial charge in [0.25, 0.3) is 0 Å². The highest BCUT2D eigenvalue weighted by Crippen LogP contribution is 2.33. The third-order valence-corrected chi connectivity index (χ3v) is 5.74. The molecule has 1 amide bonds. The summed E-state index contributed by atoms with van der Waals surface area (Å²) in [4.78, 5) is 16.7. The molecule has 5 nitrogen and oxygen atoms in total. The summed E-state index contributed by atoms with van der Waals surface area (Å²) in [5, 5.41) is 0. The van der Waals surface area contributed by atoms with E-state index in [4.69, 9.17) is 9.47 Å². The summed E-state index contributed by atoms with van der Waals surface area (Å²) in [5.41, 5.74) is 1.24. The molecule has 1 aromatic carbocycles. The molecule has 2 aliphatic rings. The fraction of sp³-hybridized carbons (Fsp3) is 0.667. The van der Waals surface area contributed by atoms with Crippen molar-refractivity contribution in [3.05, 3.63) is 23.8 Å². The zero-order chi connectivity index (χ0) is 18.5. The minimum absolute atomic E-state index is 0.223. The Bertz CT molecular complexity index is 619. The molecule has 0 aromatic heterocycles. The van der Waals surface area contributed by atoms with E-state index in [1.54, 1.807) is 14.0 Å². The van der Waals surface area contributed by atoms with E-state index in [9.17, 15) is 4.79 Å². The maximum absolute atomic E-state index is 12.0. The highest BCUT2D eigenvalue weighted by Gasteiger charge is 2.39. The number of nitrogens with zero attached hydrogens (tertiary/aromatic N) is 2. The van der Waals surface area contributed by atoms with Gasteiger partial charge in [-0.1, -0.05) is 18.9 Å². The molecule has 3 rings (SSSR count). The molecule has 2 heterocycles. The zero-order valence-electron chi connectivity index (χ0n) is 16.4. The number of likely N-dealkylation sites (tertiary alicyclic amines) is 2. The minimum Gasteiger partial charge on any atom is -0.493 e. The summed E-state index contributed by atoms with van der Waals surface area (Å²) in [7, 11) is 1.69. The van der Waals surface area contributed by atoms with E-state index < -0.39 is 0 Å². The van der Waals surface area contributed by atoms with E-state index in [1.165, 1.54) is 24.8 Å². The second-order valence-corrected chi connectivity index (χ2v) is 7.37. The number of ether oxygens (including phenoxy) is 2. The van der Waals surface area contributed by atoms with Crippen molar-refractivity contribution in [1.29, 1.82) is 0 Å². The third-order valence-electron chi connectivity index (χ3n) is 5.74. The maximum atomic E-state index is 12.0. The second-order valence-electron chi connectivity index (χ2n) is 7.37. The number of hydrogen-bond donors (Lipinski definition) is 0. The smallest absolute Gasteiger partial charge is 0.219 e. The lowest BCUT2D eigenvalue weighted by molar-refractivity contribution is -0.130. The lowest BCUT2D eigenvalue weighted by atomic mass is 9.96. The predicted molar refractivity (Wildman–Crippen MR) is 103 cm³/mol. The van der Waals surface area contributed by atoms with E-state index >= 15 is 0 Å². The molecule has 26 heavy (non-hydrogen) atoms. The number of carbonyl (C=O) groups excluding carboxylic acids is 1. The highest BCUT2D eigenvalue weighted by molar-refractivity contribution is 5.74. The zero-order valence-corrected chi connectivity index (χ0v) is 16.4. The van der Waals surface area contributed by atoms with Crippen molar-refractivity contribution in [1.82, 2.24) is 9.80 Å². The van der Waals surface area contributed by atoms with Gasteiger partial charge < -0.3 is 14.4 Å². The van der Waals surface area contributed by atoms with Crippen LogP contribution in [0.15, 0.2) is 18.2 Å². The van der Waals surface area contributed by atoms with Crippen LogP contribution in [-0.2, 0) is 11.3 Å². The fourth-order valence-electron chi connectivity index (χ4n) is 4.53. The third kappa shape index (κ3) is 4.14. The first-order valence-electron chi connectivity index (χ1n) is 9.95. The standard InChI is InChI=1S/C21H32N2O3/c1-4-26-20-10-9-17(14-21(20)25-3)15-22-12-7-5-6-8-19-18(22)11-13-23(19)16(2)24/h9-10,14,18-19H,4-8,11-13,15H2,1-3H3/t18-,19+/m0/s1. The Balaban J connectivity index is 1.77. The molecule has 0 unspecified atom stereocenters. The Labute approximate surface area is 157 Å². The van der Waals surface area contributed by atoms with Gasteiger partial charge in [0.15, 0.2) is 11.5 Å². The van der Waals surface area contributed by atoms with Crippen LogP contribution >= 0.6 is 0 Å². The molecular formula is C21H32N2O3. The number of carbonyl (C=O) groups is 1. The van der Waals surface area contributed by atoms with Gasteiger partial charge in [-0.2, -0.15) is 0 Å². The van der Waals surface area contributed by atoms with Crippen LogP contribution < -0.4 is 9.47 Å². The SMILES string of the molecule is CCOc1ccc(CN2CCCCC[C@@H]3[C@@H]2CCN3C(C)=O)cc1OC. The number of benzene rings is 1. The van der Waals surface area contributed by atoms with Gasteiger partial charge in [-0.05, 0) is 50.4 Å². The summed E-state index contributed by atoms with van der Waals surface area (Å²) in [5.74, 6) is 1.82. The van der Waals surface area contributed by atoms with Crippen molar-refractivity contribution in [2.45, 2.75) is 64.6 Å². The van der Waals surface area contributed by atoms with Crippen molar-refractivity contribution >= 4 is 5.91 Å². The Hall–Kier alpha value is -1.75. The highest BCUT2D eigenvalue weighted by atomic mass is 16.5. The summed E-state index contributed by atoms with van der Waals surface area (Å²) in [6, 6.07) is 7.08. The Morgan fingerprint density at radius 1 is 1.12 bits per heavy atom. The number of methoxy groups -OCH3 is 1. The summed E-state index contributed by atoms with van der Waals surface area (Å²) in [6.07, 6.45) is 5.93. The first kappa shape index (κ1) is 19.0. The van der Waals surface area contributed by atoms with Crippen LogP contribution in [0.5, 0.6) is 11.5 Å². The Morgan fingerprint density at radius 2 is 1.96 bits per heavy atom. The van der Waals surface area contributed by atoms with Crippen LogP contribution in [0.4, 0.5) is 0 Å². The molecule has 144 valence electrons. The van der Waals surface area contributed by atoms with Crippen LogP contribution in [0, 0.1) is 0 Å². The lowest BCUT2D eigenvalue weighted by Crippen LogP contribution is -2.47. The average molecular weight is 360 g/mol. The minimum atomic E-state index is 0.223. The van der Waals surface area contributed by atoms with Crippen LogP contribution in [0.25, 0.3) is 0 Å². The number of amides is 1. The average Bonchev–Trinajstić information content (AvgIpc) is 3.03. The van der Waals surface area contributed by atoms with Gasteiger partial charge in [-0.15, -0.1) is 0 Å². The molecule has 5 heteroatoms. The van der Waals surface area contributed by atoms with Crippen molar-refractivity contribution in [2.24, 2.45) is 0 Å². The van der Waals surface area contributed by atoms with Gasteiger partial charge in [0.05, 0.1) is 13.7 Å². The first-order valence-corrected chi connectivity index (χ1v) is 9.95. The number of rotatable bonds is 5. The van der Waals surface area contributed by atoms with Crippen molar-refractivity contribution in [3.63, 3.8) is 0 Å². The fourth-order valence-corrected chi connectivity index (χ4v) is 4.53. The van der Waals surface area contributed by atoms with Crippen LogP contribution in [-0.4, -0.2) is 54.6 Å². The molecule has 0 N–H and O–H groups in total. The Morgan fingerprint density at radius 3 is 2.69 bits per heavy atom. The van der Waals surface area contributed by atoms with Crippen LogP contribution in [0.3, 0.4) is 0 Å².